The molecule has 2 unspecified atom stereocenters. The average Bonchev–Trinajstić information content (AvgIpc) is 2.90. The number of hydrogen-bond acceptors (Lipinski definition) is 4. The maximum atomic E-state index is 12.4. The second-order valence-corrected chi connectivity index (χ2v) is 5.47. The molecule has 0 saturated heterocycles. The van der Waals surface area contributed by atoms with Crippen LogP contribution in [0.4, 0.5) is 0 Å². The maximum Gasteiger partial charge on any atom is 0.255 e. The lowest BCUT2D eigenvalue weighted by Gasteiger charge is -2.19. The van der Waals surface area contributed by atoms with E-state index in [-0.39, 0.29) is 17.3 Å². The summed E-state index contributed by atoms with van der Waals surface area (Å²) in [5, 5.41) is 2.95. The summed E-state index contributed by atoms with van der Waals surface area (Å²) in [5.41, 5.74) is 0.408. The summed E-state index contributed by atoms with van der Waals surface area (Å²) >= 11 is 6.20. The molecule has 1 fully saturated rings. The van der Waals surface area contributed by atoms with Crippen LogP contribution in [0.15, 0.2) is 12.1 Å². The summed E-state index contributed by atoms with van der Waals surface area (Å²) in [6, 6.07) is 3.34. The van der Waals surface area contributed by atoms with E-state index in [0.29, 0.717) is 22.8 Å². The van der Waals surface area contributed by atoms with Crippen molar-refractivity contribution in [1.82, 2.24) is 5.32 Å². The van der Waals surface area contributed by atoms with Gasteiger partial charge in [0, 0.05) is 6.04 Å². The number of rotatable bonds is 5. The van der Waals surface area contributed by atoms with Gasteiger partial charge in [-0.3, -0.25) is 4.79 Å². The van der Waals surface area contributed by atoms with Crippen molar-refractivity contribution in [3.8, 4) is 17.2 Å². The second-order valence-electron chi connectivity index (χ2n) is 4.91. The molecular formula is C15H20ClNO4. The zero-order valence-corrected chi connectivity index (χ0v) is 13.2. The third-order valence-electron chi connectivity index (χ3n) is 3.70. The molecule has 0 aromatic heterocycles. The van der Waals surface area contributed by atoms with E-state index >= 15 is 0 Å². The lowest BCUT2D eigenvalue weighted by Crippen LogP contribution is -2.38. The topological polar surface area (TPSA) is 56.8 Å². The largest absolute Gasteiger partial charge is 0.493 e. The Bertz CT molecular complexity index is 521. The first-order valence-electron chi connectivity index (χ1n) is 6.86. The van der Waals surface area contributed by atoms with Gasteiger partial charge in [-0.15, -0.1) is 11.6 Å². The van der Waals surface area contributed by atoms with E-state index < -0.39 is 0 Å². The number of nitrogens with one attached hydrogen (secondary N) is 1. The van der Waals surface area contributed by atoms with Crippen LogP contribution in [-0.4, -0.2) is 38.7 Å². The van der Waals surface area contributed by atoms with E-state index in [0.717, 1.165) is 19.3 Å². The number of amides is 1. The smallest absolute Gasteiger partial charge is 0.255 e. The number of hydrogen-bond donors (Lipinski definition) is 1. The Morgan fingerprint density at radius 3 is 2.38 bits per heavy atom. The third-order valence-corrected chi connectivity index (χ3v) is 4.22. The fourth-order valence-electron chi connectivity index (χ4n) is 2.60. The highest BCUT2D eigenvalue weighted by Gasteiger charge is 2.29. The van der Waals surface area contributed by atoms with Gasteiger partial charge in [0.2, 0.25) is 5.75 Å². The Hall–Kier alpha value is -1.62. The molecule has 2 rings (SSSR count). The molecule has 0 radical (unpaired) electrons. The highest BCUT2D eigenvalue weighted by atomic mass is 35.5. The van der Waals surface area contributed by atoms with Gasteiger partial charge in [0.1, 0.15) is 0 Å². The normalized spacial score (nSPS) is 21.0. The molecule has 5 nitrogen and oxygen atoms in total. The van der Waals surface area contributed by atoms with E-state index in [2.05, 4.69) is 5.32 Å². The molecule has 1 N–H and O–H groups in total. The molecule has 1 aliphatic rings. The summed E-state index contributed by atoms with van der Waals surface area (Å²) in [4.78, 5) is 12.4. The van der Waals surface area contributed by atoms with Gasteiger partial charge in [-0.2, -0.15) is 0 Å². The predicted molar refractivity (Wildman–Crippen MR) is 80.8 cm³/mol. The van der Waals surface area contributed by atoms with Crippen LogP contribution < -0.4 is 19.5 Å². The lowest BCUT2D eigenvalue weighted by molar-refractivity contribution is 0.0934. The van der Waals surface area contributed by atoms with Crippen LogP contribution >= 0.6 is 11.6 Å². The molecule has 1 aromatic rings. The Balaban J connectivity index is 2.28. The SMILES string of the molecule is COc1ccc(C(=O)NC2CCCC2Cl)c(OC)c1OC. The van der Waals surface area contributed by atoms with Crippen LogP contribution in [-0.2, 0) is 0 Å². The van der Waals surface area contributed by atoms with Crippen LogP contribution in [0, 0.1) is 0 Å². The Labute approximate surface area is 129 Å². The molecular weight excluding hydrogens is 294 g/mol. The number of halogens is 1. The molecule has 21 heavy (non-hydrogen) atoms. The van der Waals surface area contributed by atoms with E-state index in [9.17, 15) is 4.79 Å². The fraction of sp³-hybridized carbons (Fsp3) is 0.533. The number of benzene rings is 1. The van der Waals surface area contributed by atoms with Crippen molar-refractivity contribution in [3.63, 3.8) is 0 Å². The van der Waals surface area contributed by atoms with Gasteiger partial charge in [0.05, 0.1) is 32.3 Å². The number of methoxy groups -OCH3 is 3. The molecule has 1 aliphatic carbocycles. The molecule has 116 valence electrons. The van der Waals surface area contributed by atoms with Crippen molar-refractivity contribution in [1.29, 1.82) is 0 Å². The number of carbonyl (C=O) groups excluding carboxylic acids is 1. The van der Waals surface area contributed by atoms with Crippen molar-refractivity contribution in [2.75, 3.05) is 21.3 Å². The molecule has 6 heteroatoms. The zero-order valence-electron chi connectivity index (χ0n) is 12.4. The number of alkyl halides is 1. The summed E-state index contributed by atoms with van der Waals surface area (Å²) in [6.45, 7) is 0. The molecule has 2 atom stereocenters. The summed E-state index contributed by atoms with van der Waals surface area (Å²) < 4.78 is 15.8. The van der Waals surface area contributed by atoms with Crippen LogP contribution in [0.2, 0.25) is 0 Å². The van der Waals surface area contributed by atoms with Crippen LogP contribution in [0.5, 0.6) is 17.2 Å². The number of ether oxygens (including phenoxy) is 3. The Kier molecular flexibility index (Phi) is 5.17. The van der Waals surface area contributed by atoms with Gasteiger partial charge < -0.3 is 19.5 Å². The first-order valence-corrected chi connectivity index (χ1v) is 7.30. The molecule has 0 heterocycles. The van der Waals surface area contributed by atoms with Gasteiger partial charge in [-0.25, -0.2) is 0 Å². The molecule has 1 amide bonds. The van der Waals surface area contributed by atoms with Gasteiger partial charge in [0.15, 0.2) is 11.5 Å². The molecule has 0 aliphatic heterocycles. The predicted octanol–water partition coefficient (Wildman–Crippen LogP) is 2.60. The second kappa shape index (κ2) is 6.89. The van der Waals surface area contributed by atoms with E-state index in [1.807, 2.05) is 0 Å². The van der Waals surface area contributed by atoms with Gasteiger partial charge in [-0.1, -0.05) is 0 Å². The van der Waals surface area contributed by atoms with Crippen molar-refractivity contribution in [3.05, 3.63) is 17.7 Å². The van der Waals surface area contributed by atoms with E-state index in [1.54, 1.807) is 12.1 Å². The molecule has 1 saturated carbocycles. The van der Waals surface area contributed by atoms with Gasteiger partial charge in [0.25, 0.3) is 5.91 Å². The van der Waals surface area contributed by atoms with Crippen molar-refractivity contribution in [2.45, 2.75) is 30.7 Å². The van der Waals surface area contributed by atoms with Crippen molar-refractivity contribution < 1.29 is 19.0 Å². The minimum absolute atomic E-state index is 0.00281. The first kappa shape index (κ1) is 15.8. The van der Waals surface area contributed by atoms with Crippen molar-refractivity contribution >= 4 is 17.5 Å². The van der Waals surface area contributed by atoms with Gasteiger partial charge >= 0.3 is 0 Å². The Morgan fingerprint density at radius 1 is 1.14 bits per heavy atom. The molecule has 0 bridgehead atoms. The highest BCUT2D eigenvalue weighted by Crippen LogP contribution is 2.39. The summed E-state index contributed by atoms with van der Waals surface area (Å²) in [5.74, 6) is 1.06. The summed E-state index contributed by atoms with van der Waals surface area (Å²) in [6.07, 6.45) is 2.85. The summed E-state index contributed by atoms with van der Waals surface area (Å²) in [7, 11) is 4.54. The monoisotopic (exact) mass is 313 g/mol. The molecule has 0 spiro atoms. The average molecular weight is 314 g/mol. The van der Waals surface area contributed by atoms with Crippen molar-refractivity contribution in [2.24, 2.45) is 0 Å². The number of carbonyl (C=O) groups is 1. The quantitative estimate of drug-likeness (QED) is 0.849. The molecule has 1 aromatic carbocycles. The lowest BCUT2D eigenvalue weighted by atomic mass is 10.1. The van der Waals surface area contributed by atoms with Crippen LogP contribution in [0.1, 0.15) is 29.6 Å². The minimum Gasteiger partial charge on any atom is -0.493 e. The van der Waals surface area contributed by atoms with Crippen LogP contribution in [0.3, 0.4) is 0 Å². The Morgan fingerprint density at radius 2 is 1.86 bits per heavy atom. The van der Waals surface area contributed by atoms with E-state index in [1.165, 1.54) is 21.3 Å². The third kappa shape index (κ3) is 3.18. The van der Waals surface area contributed by atoms with Gasteiger partial charge in [-0.05, 0) is 31.4 Å². The van der Waals surface area contributed by atoms with Crippen LogP contribution in [0.25, 0.3) is 0 Å². The fourth-order valence-corrected chi connectivity index (χ4v) is 2.95. The standard InChI is InChI=1S/C15H20ClNO4/c1-19-12-8-7-9(13(20-2)14(12)21-3)15(18)17-11-6-4-5-10(11)16/h7-8,10-11H,4-6H2,1-3H3,(H,17,18). The maximum absolute atomic E-state index is 12.4. The highest BCUT2D eigenvalue weighted by molar-refractivity contribution is 6.21. The first-order chi connectivity index (χ1) is 10.1. The zero-order chi connectivity index (χ0) is 15.4. The minimum atomic E-state index is -0.217. The van der Waals surface area contributed by atoms with E-state index in [4.69, 9.17) is 25.8 Å².